The molecule has 0 fully saturated rings. The van der Waals surface area contributed by atoms with Crippen LogP contribution in [-0.4, -0.2) is 36.4 Å². The van der Waals surface area contributed by atoms with Crippen LogP contribution < -0.4 is 16.6 Å². The lowest BCUT2D eigenvalue weighted by atomic mass is 9.97. The van der Waals surface area contributed by atoms with E-state index in [4.69, 9.17) is 0 Å². The standard InChI is InChI=1S/C21H33N5O3/c1-15(27)9-7-8-14-26-19(28)17-18(25(3)21(26)29)23-20(24(17)2)22-13-12-16-10-5-4-6-11-16/h10,15,27H,4-9,11-14H2,1-3H3,(H,22,23). The van der Waals surface area contributed by atoms with Crippen LogP contribution in [0, 0.1) is 0 Å². The number of nitrogens with zero attached hydrogens (tertiary/aromatic N) is 4. The van der Waals surface area contributed by atoms with E-state index in [1.807, 2.05) is 0 Å². The van der Waals surface area contributed by atoms with Crippen LogP contribution in [0.4, 0.5) is 5.95 Å². The van der Waals surface area contributed by atoms with Gasteiger partial charge in [0, 0.05) is 27.2 Å². The molecule has 2 aromatic rings. The fourth-order valence-corrected chi connectivity index (χ4v) is 3.98. The summed E-state index contributed by atoms with van der Waals surface area (Å²) in [6.07, 6.45) is 9.90. The van der Waals surface area contributed by atoms with Crippen LogP contribution in [-0.2, 0) is 20.6 Å². The average molecular weight is 404 g/mol. The van der Waals surface area contributed by atoms with Crippen molar-refractivity contribution in [3.8, 4) is 0 Å². The van der Waals surface area contributed by atoms with E-state index in [1.165, 1.54) is 40.4 Å². The van der Waals surface area contributed by atoms with Crippen LogP contribution in [0.2, 0.25) is 0 Å². The summed E-state index contributed by atoms with van der Waals surface area (Å²) >= 11 is 0. The molecule has 0 amide bonds. The Kier molecular flexibility index (Phi) is 6.95. The van der Waals surface area contributed by atoms with Crippen molar-refractivity contribution in [1.82, 2.24) is 18.7 Å². The van der Waals surface area contributed by atoms with E-state index in [1.54, 1.807) is 25.6 Å². The Morgan fingerprint density at radius 3 is 2.69 bits per heavy atom. The van der Waals surface area contributed by atoms with Gasteiger partial charge in [0.1, 0.15) is 0 Å². The molecule has 2 N–H and O–H groups in total. The van der Waals surface area contributed by atoms with Crippen molar-refractivity contribution < 1.29 is 5.11 Å². The Morgan fingerprint density at radius 1 is 1.21 bits per heavy atom. The third-order valence-electron chi connectivity index (χ3n) is 5.73. The van der Waals surface area contributed by atoms with Gasteiger partial charge in [-0.3, -0.25) is 13.9 Å². The number of hydrogen-bond donors (Lipinski definition) is 2. The molecule has 160 valence electrons. The number of unbranched alkanes of at least 4 members (excludes halogenated alkanes) is 1. The number of imidazole rings is 1. The maximum absolute atomic E-state index is 13.0. The van der Waals surface area contributed by atoms with Crippen molar-refractivity contribution >= 4 is 17.1 Å². The number of nitrogens with one attached hydrogen (secondary N) is 1. The van der Waals surface area contributed by atoms with Crippen LogP contribution in [0.15, 0.2) is 21.2 Å². The predicted octanol–water partition coefficient (Wildman–Crippen LogP) is 2.29. The molecule has 0 radical (unpaired) electrons. The number of aliphatic hydroxyl groups excluding tert-OH is 1. The van der Waals surface area contributed by atoms with Gasteiger partial charge < -0.3 is 15.0 Å². The highest BCUT2D eigenvalue weighted by Gasteiger charge is 2.18. The number of rotatable bonds is 9. The summed E-state index contributed by atoms with van der Waals surface area (Å²) in [4.78, 5) is 30.2. The number of aromatic nitrogens is 4. The zero-order chi connectivity index (χ0) is 21.0. The number of fused-ring (bicyclic) bond motifs is 1. The number of hydrogen-bond acceptors (Lipinski definition) is 5. The molecule has 1 unspecified atom stereocenters. The summed E-state index contributed by atoms with van der Waals surface area (Å²) < 4.78 is 4.47. The molecule has 0 aromatic carbocycles. The zero-order valence-corrected chi connectivity index (χ0v) is 17.8. The van der Waals surface area contributed by atoms with E-state index < -0.39 is 0 Å². The van der Waals surface area contributed by atoms with Crippen molar-refractivity contribution in [2.24, 2.45) is 14.1 Å². The molecule has 0 bridgehead atoms. The minimum absolute atomic E-state index is 0.307. The second-order valence-electron chi connectivity index (χ2n) is 8.09. The van der Waals surface area contributed by atoms with Gasteiger partial charge in [0.2, 0.25) is 5.95 Å². The lowest BCUT2D eigenvalue weighted by Gasteiger charge is -2.13. The molecular formula is C21H33N5O3. The van der Waals surface area contributed by atoms with Gasteiger partial charge in [-0.2, -0.15) is 4.98 Å². The molecule has 0 saturated heterocycles. The van der Waals surface area contributed by atoms with Crippen molar-refractivity contribution in [1.29, 1.82) is 0 Å². The zero-order valence-electron chi connectivity index (χ0n) is 17.8. The first kappa shape index (κ1) is 21.4. The molecule has 1 atom stereocenters. The van der Waals surface area contributed by atoms with Gasteiger partial charge >= 0.3 is 5.69 Å². The Bertz CT molecular complexity index is 996. The summed E-state index contributed by atoms with van der Waals surface area (Å²) in [7, 11) is 3.46. The Labute approximate surface area is 170 Å². The van der Waals surface area contributed by atoms with Gasteiger partial charge in [0.15, 0.2) is 11.2 Å². The van der Waals surface area contributed by atoms with Crippen molar-refractivity contribution in [2.45, 2.75) is 70.9 Å². The molecular weight excluding hydrogens is 370 g/mol. The normalized spacial score (nSPS) is 15.5. The lowest BCUT2D eigenvalue weighted by molar-refractivity contribution is 0.180. The Hall–Kier alpha value is -2.35. The molecule has 0 saturated carbocycles. The van der Waals surface area contributed by atoms with Crippen molar-refractivity contribution in [3.63, 3.8) is 0 Å². The van der Waals surface area contributed by atoms with E-state index in [9.17, 15) is 14.7 Å². The lowest BCUT2D eigenvalue weighted by Crippen LogP contribution is -2.39. The third kappa shape index (κ3) is 4.80. The van der Waals surface area contributed by atoms with Crippen molar-refractivity contribution in [2.75, 3.05) is 11.9 Å². The molecule has 1 aliphatic rings. The molecule has 8 heteroatoms. The second-order valence-corrected chi connectivity index (χ2v) is 8.09. The molecule has 0 spiro atoms. The molecule has 0 aliphatic heterocycles. The highest BCUT2D eigenvalue weighted by Crippen LogP contribution is 2.20. The van der Waals surface area contributed by atoms with Crippen LogP contribution in [0.1, 0.15) is 58.3 Å². The molecule has 2 heterocycles. The number of aliphatic hydroxyl groups is 1. The largest absolute Gasteiger partial charge is 0.393 e. The van der Waals surface area contributed by atoms with E-state index in [0.29, 0.717) is 36.5 Å². The van der Waals surface area contributed by atoms with Gasteiger partial charge in [-0.15, -0.1) is 0 Å². The molecule has 29 heavy (non-hydrogen) atoms. The maximum atomic E-state index is 13.0. The van der Waals surface area contributed by atoms with Crippen LogP contribution in [0.25, 0.3) is 11.2 Å². The van der Waals surface area contributed by atoms with Gasteiger partial charge in [0.25, 0.3) is 5.56 Å². The third-order valence-corrected chi connectivity index (χ3v) is 5.73. The highest BCUT2D eigenvalue weighted by atomic mass is 16.3. The van der Waals surface area contributed by atoms with E-state index >= 15 is 0 Å². The summed E-state index contributed by atoms with van der Waals surface area (Å²) in [5, 5.41) is 12.7. The van der Waals surface area contributed by atoms with Gasteiger partial charge in [-0.1, -0.05) is 11.6 Å². The second kappa shape index (κ2) is 9.43. The average Bonchev–Trinajstić information content (AvgIpc) is 3.03. The molecule has 1 aliphatic carbocycles. The minimum Gasteiger partial charge on any atom is -0.393 e. The van der Waals surface area contributed by atoms with E-state index in [2.05, 4.69) is 16.4 Å². The smallest absolute Gasteiger partial charge is 0.332 e. The summed E-state index contributed by atoms with van der Waals surface area (Å²) in [6.45, 7) is 2.84. The topological polar surface area (TPSA) is 94.1 Å². The summed E-state index contributed by atoms with van der Waals surface area (Å²) in [6, 6.07) is 0. The molecule has 8 nitrogen and oxygen atoms in total. The quantitative estimate of drug-likeness (QED) is 0.495. The monoisotopic (exact) mass is 403 g/mol. The predicted molar refractivity (Wildman–Crippen MR) is 115 cm³/mol. The summed E-state index contributed by atoms with van der Waals surface area (Å²) in [5.41, 5.74) is 1.66. The fourth-order valence-electron chi connectivity index (χ4n) is 3.98. The van der Waals surface area contributed by atoms with Gasteiger partial charge in [-0.05, 0) is 58.3 Å². The number of allylic oxidation sites excluding steroid dienone is 1. The fraction of sp³-hybridized carbons (Fsp3) is 0.667. The summed E-state index contributed by atoms with van der Waals surface area (Å²) in [5.74, 6) is 0.607. The molecule has 2 aromatic heterocycles. The number of aryl methyl sites for hydroxylation is 2. The van der Waals surface area contributed by atoms with Gasteiger partial charge in [-0.25, -0.2) is 4.79 Å². The SMILES string of the molecule is CC(O)CCCCn1c(=O)c2c(nc(NCCC3=CCCCC3)n2C)n(C)c1=O. The maximum Gasteiger partial charge on any atom is 0.332 e. The highest BCUT2D eigenvalue weighted by molar-refractivity contribution is 5.74. The van der Waals surface area contributed by atoms with Crippen molar-refractivity contribution in [3.05, 3.63) is 32.5 Å². The van der Waals surface area contributed by atoms with Gasteiger partial charge in [0.05, 0.1) is 6.10 Å². The van der Waals surface area contributed by atoms with Crippen LogP contribution >= 0.6 is 0 Å². The first-order valence-electron chi connectivity index (χ1n) is 10.7. The first-order chi connectivity index (χ1) is 13.9. The first-order valence-corrected chi connectivity index (χ1v) is 10.7. The van der Waals surface area contributed by atoms with Crippen LogP contribution in [0.3, 0.4) is 0 Å². The Morgan fingerprint density at radius 2 is 2.00 bits per heavy atom. The number of anilines is 1. The Balaban J connectivity index is 1.80. The minimum atomic E-state index is -0.368. The van der Waals surface area contributed by atoms with Crippen LogP contribution in [0.5, 0.6) is 0 Å². The molecule has 3 rings (SSSR count). The van der Waals surface area contributed by atoms with E-state index in [0.717, 1.165) is 19.4 Å². The van der Waals surface area contributed by atoms with E-state index in [-0.39, 0.29) is 17.4 Å².